The van der Waals surface area contributed by atoms with Gasteiger partial charge in [-0.1, -0.05) is 32.9 Å². The van der Waals surface area contributed by atoms with Gasteiger partial charge in [0.1, 0.15) is 5.82 Å². The largest absolute Gasteiger partial charge is 0.354 e. The van der Waals surface area contributed by atoms with E-state index in [1.165, 1.54) is 5.56 Å². The fourth-order valence-electron chi connectivity index (χ4n) is 2.16. The van der Waals surface area contributed by atoms with E-state index in [0.29, 0.717) is 11.9 Å². The van der Waals surface area contributed by atoms with Crippen molar-refractivity contribution in [2.24, 2.45) is 5.92 Å². The molecule has 4 nitrogen and oxygen atoms in total. The second-order valence-corrected chi connectivity index (χ2v) is 6.00. The molecule has 0 bridgehead atoms. The first kappa shape index (κ1) is 16.3. The number of aryl methyl sites for hydroxylation is 2. The SMILES string of the molecule is CCc1ccc(Nc2cc(C)nc(NCCC(C)C)n2)cc1. The Morgan fingerprint density at radius 1 is 1.09 bits per heavy atom. The molecule has 2 rings (SSSR count). The molecule has 4 heteroatoms. The Kier molecular flexibility index (Phi) is 5.75. The molecule has 0 atom stereocenters. The van der Waals surface area contributed by atoms with E-state index in [1.54, 1.807) is 0 Å². The van der Waals surface area contributed by atoms with E-state index in [2.05, 4.69) is 65.6 Å². The zero-order valence-corrected chi connectivity index (χ0v) is 14.0. The highest BCUT2D eigenvalue weighted by Crippen LogP contribution is 2.17. The minimum absolute atomic E-state index is 0.673. The number of rotatable bonds is 7. The van der Waals surface area contributed by atoms with Crippen molar-refractivity contribution >= 4 is 17.5 Å². The molecule has 118 valence electrons. The Morgan fingerprint density at radius 3 is 2.45 bits per heavy atom. The van der Waals surface area contributed by atoms with Crippen molar-refractivity contribution in [3.8, 4) is 0 Å². The predicted molar refractivity (Wildman–Crippen MR) is 93.8 cm³/mol. The van der Waals surface area contributed by atoms with Crippen molar-refractivity contribution in [2.75, 3.05) is 17.2 Å². The van der Waals surface area contributed by atoms with E-state index in [0.717, 1.165) is 36.6 Å². The molecule has 1 aromatic carbocycles. The predicted octanol–water partition coefficient (Wildman–Crippen LogP) is 4.55. The molecule has 0 saturated carbocycles. The molecule has 0 aliphatic rings. The van der Waals surface area contributed by atoms with Gasteiger partial charge in [0.25, 0.3) is 0 Å². The molecular formula is C18H26N4. The lowest BCUT2D eigenvalue weighted by molar-refractivity contribution is 0.606. The van der Waals surface area contributed by atoms with Crippen LogP contribution >= 0.6 is 0 Å². The monoisotopic (exact) mass is 298 g/mol. The Balaban J connectivity index is 2.04. The van der Waals surface area contributed by atoms with Crippen molar-refractivity contribution in [3.63, 3.8) is 0 Å². The standard InChI is InChI=1S/C18H26N4/c1-5-15-6-8-16(9-7-15)21-17-12-14(4)20-18(22-17)19-11-10-13(2)3/h6-9,12-13H,5,10-11H2,1-4H3,(H2,19,20,21,22). The molecule has 0 spiro atoms. The van der Waals surface area contributed by atoms with Crippen LogP contribution in [0.1, 0.15) is 38.4 Å². The minimum Gasteiger partial charge on any atom is -0.354 e. The summed E-state index contributed by atoms with van der Waals surface area (Å²) in [6.07, 6.45) is 2.16. The molecule has 2 N–H and O–H groups in total. The number of hydrogen-bond donors (Lipinski definition) is 2. The van der Waals surface area contributed by atoms with Gasteiger partial charge in [-0.15, -0.1) is 0 Å². The van der Waals surface area contributed by atoms with Crippen molar-refractivity contribution in [1.82, 2.24) is 9.97 Å². The summed E-state index contributed by atoms with van der Waals surface area (Å²) in [7, 11) is 0. The fourth-order valence-corrected chi connectivity index (χ4v) is 2.16. The van der Waals surface area contributed by atoms with E-state index < -0.39 is 0 Å². The van der Waals surface area contributed by atoms with Crippen LogP contribution in [0.2, 0.25) is 0 Å². The second-order valence-electron chi connectivity index (χ2n) is 6.00. The zero-order valence-electron chi connectivity index (χ0n) is 14.0. The van der Waals surface area contributed by atoms with Crippen LogP contribution < -0.4 is 10.6 Å². The molecule has 0 saturated heterocycles. The summed E-state index contributed by atoms with van der Waals surface area (Å²) in [4.78, 5) is 8.97. The maximum atomic E-state index is 4.53. The normalized spacial score (nSPS) is 10.8. The summed E-state index contributed by atoms with van der Waals surface area (Å²) < 4.78 is 0. The quantitative estimate of drug-likeness (QED) is 0.787. The molecule has 2 aromatic rings. The number of benzene rings is 1. The Hall–Kier alpha value is -2.10. The number of nitrogens with zero attached hydrogens (tertiary/aromatic N) is 2. The van der Waals surface area contributed by atoms with Crippen LogP contribution in [0.3, 0.4) is 0 Å². The minimum atomic E-state index is 0.673. The average Bonchev–Trinajstić information content (AvgIpc) is 2.47. The van der Waals surface area contributed by atoms with Crippen LogP contribution in [0, 0.1) is 12.8 Å². The van der Waals surface area contributed by atoms with Gasteiger partial charge in [-0.05, 0) is 43.4 Å². The smallest absolute Gasteiger partial charge is 0.224 e. The molecule has 0 fully saturated rings. The number of anilines is 3. The van der Waals surface area contributed by atoms with E-state index in [4.69, 9.17) is 0 Å². The van der Waals surface area contributed by atoms with Crippen LogP contribution in [0.25, 0.3) is 0 Å². The highest BCUT2D eigenvalue weighted by atomic mass is 15.1. The third-order valence-corrected chi connectivity index (χ3v) is 3.49. The van der Waals surface area contributed by atoms with Gasteiger partial charge in [0.15, 0.2) is 0 Å². The van der Waals surface area contributed by atoms with Crippen LogP contribution in [0.5, 0.6) is 0 Å². The van der Waals surface area contributed by atoms with Gasteiger partial charge in [-0.25, -0.2) is 4.98 Å². The van der Waals surface area contributed by atoms with Gasteiger partial charge in [-0.2, -0.15) is 4.98 Å². The molecule has 1 heterocycles. The molecule has 0 aliphatic heterocycles. The van der Waals surface area contributed by atoms with Gasteiger partial charge >= 0.3 is 0 Å². The van der Waals surface area contributed by atoms with Crippen LogP contribution in [-0.4, -0.2) is 16.5 Å². The summed E-state index contributed by atoms with van der Waals surface area (Å²) in [5, 5.41) is 6.64. The molecule has 0 unspecified atom stereocenters. The average molecular weight is 298 g/mol. The van der Waals surface area contributed by atoms with Gasteiger partial charge in [0.05, 0.1) is 0 Å². The van der Waals surface area contributed by atoms with Crippen molar-refractivity contribution in [2.45, 2.75) is 40.5 Å². The topological polar surface area (TPSA) is 49.8 Å². The molecule has 0 aliphatic carbocycles. The van der Waals surface area contributed by atoms with E-state index >= 15 is 0 Å². The first-order valence-corrected chi connectivity index (χ1v) is 8.02. The van der Waals surface area contributed by atoms with Crippen LogP contribution in [0.4, 0.5) is 17.5 Å². The van der Waals surface area contributed by atoms with Crippen molar-refractivity contribution in [1.29, 1.82) is 0 Å². The Labute approximate surface area is 133 Å². The summed E-state index contributed by atoms with van der Waals surface area (Å²) in [6.45, 7) is 9.47. The molecule has 1 aromatic heterocycles. The number of hydrogen-bond acceptors (Lipinski definition) is 4. The maximum Gasteiger partial charge on any atom is 0.224 e. The van der Waals surface area contributed by atoms with Crippen molar-refractivity contribution < 1.29 is 0 Å². The lowest BCUT2D eigenvalue weighted by Crippen LogP contribution is -2.09. The van der Waals surface area contributed by atoms with Gasteiger partial charge < -0.3 is 10.6 Å². The van der Waals surface area contributed by atoms with Crippen LogP contribution in [-0.2, 0) is 6.42 Å². The molecule has 22 heavy (non-hydrogen) atoms. The van der Waals surface area contributed by atoms with Crippen molar-refractivity contribution in [3.05, 3.63) is 41.6 Å². The van der Waals surface area contributed by atoms with E-state index in [-0.39, 0.29) is 0 Å². The number of nitrogens with one attached hydrogen (secondary N) is 2. The molecular weight excluding hydrogens is 272 g/mol. The zero-order chi connectivity index (χ0) is 15.9. The summed E-state index contributed by atoms with van der Waals surface area (Å²) in [5.41, 5.74) is 3.33. The maximum absolute atomic E-state index is 4.53. The summed E-state index contributed by atoms with van der Waals surface area (Å²) in [6, 6.07) is 10.4. The third-order valence-electron chi connectivity index (χ3n) is 3.49. The fraction of sp³-hybridized carbons (Fsp3) is 0.444. The third kappa shape index (κ3) is 5.02. The van der Waals surface area contributed by atoms with Gasteiger partial charge in [-0.3, -0.25) is 0 Å². The highest BCUT2D eigenvalue weighted by Gasteiger charge is 2.03. The van der Waals surface area contributed by atoms with Gasteiger partial charge in [0.2, 0.25) is 5.95 Å². The Morgan fingerprint density at radius 2 is 1.82 bits per heavy atom. The van der Waals surface area contributed by atoms with E-state index in [1.807, 2.05) is 13.0 Å². The second kappa shape index (κ2) is 7.78. The lowest BCUT2D eigenvalue weighted by Gasteiger charge is -2.11. The number of aromatic nitrogens is 2. The molecule has 0 radical (unpaired) electrons. The first-order valence-electron chi connectivity index (χ1n) is 8.02. The Bertz CT molecular complexity index is 591. The van der Waals surface area contributed by atoms with Gasteiger partial charge in [0, 0.05) is 24.0 Å². The van der Waals surface area contributed by atoms with Crippen LogP contribution in [0.15, 0.2) is 30.3 Å². The van der Waals surface area contributed by atoms with E-state index in [9.17, 15) is 0 Å². The summed E-state index contributed by atoms with van der Waals surface area (Å²) >= 11 is 0. The molecule has 0 amide bonds. The lowest BCUT2D eigenvalue weighted by atomic mass is 10.1. The highest BCUT2D eigenvalue weighted by molar-refractivity contribution is 5.57. The first-order chi connectivity index (χ1) is 10.6. The summed E-state index contributed by atoms with van der Waals surface area (Å²) in [5.74, 6) is 2.18.